The first-order valence-electron chi connectivity index (χ1n) is 20.0. The Balaban J connectivity index is 1.24. The molecule has 0 aromatic carbocycles. The first kappa shape index (κ1) is 37.7. The second-order valence-electron chi connectivity index (χ2n) is 18.0. The molecule has 49 heavy (non-hydrogen) atoms. The Labute approximate surface area is 297 Å². The van der Waals surface area contributed by atoms with Crippen LogP contribution in [0.2, 0.25) is 0 Å². The van der Waals surface area contributed by atoms with Crippen LogP contribution >= 0.6 is 0 Å². The number of rotatable bonds is 23. The van der Waals surface area contributed by atoms with E-state index in [4.69, 9.17) is 33.2 Å². The van der Waals surface area contributed by atoms with Crippen LogP contribution in [0.1, 0.15) is 143 Å². The van der Waals surface area contributed by atoms with Gasteiger partial charge >= 0.3 is 5.97 Å². The molecule has 8 nitrogen and oxygen atoms in total. The summed E-state index contributed by atoms with van der Waals surface area (Å²) in [6.45, 7) is 19.5. The highest BCUT2D eigenvalue weighted by molar-refractivity contribution is 5.87. The van der Waals surface area contributed by atoms with E-state index in [0.29, 0.717) is 44.7 Å². The minimum absolute atomic E-state index is 0.222. The van der Waals surface area contributed by atoms with Gasteiger partial charge in [0.1, 0.15) is 5.60 Å². The fourth-order valence-electron chi connectivity index (χ4n) is 10.6. The monoisotopic (exact) mass is 688 g/mol. The molecular formula is C41H68O8. The van der Waals surface area contributed by atoms with E-state index in [1.54, 1.807) is 6.92 Å². The fraction of sp³-hybridized carbons (Fsp3) is 0.927. The van der Waals surface area contributed by atoms with E-state index >= 15 is 0 Å². The van der Waals surface area contributed by atoms with Crippen LogP contribution in [-0.2, 0) is 38.0 Å². The molecule has 4 saturated carbocycles. The summed E-state index contributed by atoms with van der Waals surface area (Å²) >= 11 is 0. The van der Waals surface area contributed by atoms with E-state index in [1.807, 2.05) is 0 Å². The number of carbonyl (C=O) groups excluding carboxylic acids is 1. The zero-order valence-corrected chi connectivity index (χ0v) is 31.6. The van der Waals surface area contributed by atoms with Crippen molar-refractivity contribution in [2.75, 3.05) is 59.5 Å². The van der Waals surface area contributed by atoms with Crippen molar-refractivity contribution in [1.29, 1.82) is 0 Å². The van der Waals surface area contributed by atoms with Gasteiger partial charge in [0.05, 0.1) is 56.4 Å². The van der Waals surface area contributed by atoms with Crippen molar-refractivity contribution in [3.63, 3.8) is 0 Å². The molecule has 3 heterocycles. The molecule has 8 heteroatoms. The van der Waals surface area contributed by atoms with Crippen molar-refractivity contribution < 1.29 is 38.0 Å². The van der Waals surface area contributed by atoms with Gasteiger partial charge in [-0.1, -0.05) is 65.9 Å². The van der Waals surface area contributed by atoms with Crippen molar-refractivity contribution in [1.82, 2.24) is 0 Å². The highest BCUT2D eigenvalue weighted by Gasteiger charge is 2.72. The van der Waals surface area contributed by atoms with Crippen LogP contribution in [0.3, 0.4) is 0 Å². The van der Waals surface area contributed by atoms with Crippen LogP contribution in [0.25, 0.3) is 0 Å². The Morgan fingerprint density at radius 2 is 0.837 bits per heavy atom. The molecule has 3 saturated heterocycles. The number of carbonyl (C=O) groups is 1. The minimum Gasteiger partial charge on any atom is -0.455 e. The summed E-state index contributed by atoms with van der Waals surface area (Å²) in [4.78, 5) is 13.3. The molecule has 4 bridgehead atoms. The van der Waals surface area contributed by atoms with Crippen LogP contribution in [0, 0.1) is 16.2 Å². The first-order chi connectivity index (χ1) is 23.5. The van der Waals surface area contributed by atoms with Gasteiger partial charge in [0, 0.05) is 80.2 Å². The Morgan fingerprint density at radius 1 is 0.531 bits per heavy atom. The second kappa shape index (κ2) is 15.1. The fourth-order valence-corrected chi connectivity index (χ4v) is 10.6. The Morgan fingerprint density at radius 3 is 1.08 bits per heavy atom. The zero-order chi connectivity index (χ0) is 34.7. The van der Waals surface area contributed by atoms with Gasteiger partial charge in [0.15, 0.2) is 0 Å². The van der Waals surface area contributed by atoms with E-state index in [9.17, 15) is 4.79 Å². The zero-order valence-electron chi connectivity index (χ0n) is 31.6. The van der Waals surface area contributed by atoms with E-state index in [-0.39, 0.29) is 22.2 Å². The Bertz CT molecular complexity index is 1010. The SMILES string of the molecule is C=C(C)C(=O)OC12CC3(OCCC4(CCCC)COC4)CC(OCCC4(CCCC)COC4)(CC(OCCC4(CCCC)COC4)(C3)C1)C2. The largest absolute Gasteiger partial charge is 0.455 e. The van der Waals surface area contributed by atoms with Crippen LogP contribution < -0.4 is 0 Å². The Kier molecular flexibility index (Phi) is 11.7. The topological polar surface area (TPSA) is 81.7 Å². The second-order valence-corrected chi connectivity index (χ2v) is 18.0. The lowest BCUT2D eigenvalue weighted by molar-refractivity contribution is -0.331. The molecule has 280 valence electrons. The number of esters is 1. The maximum atomic E-state index is 13.3. The lowest BCUT2D eigenvalue weighted by Gasteiger charge is -2.68. The summed E-state index contributed by atoms with van der Waals surface area (Å²) < 4.78 is 45.3. The highest BCUT2D eigenvalue weighted by Crippen LogP contribution is 2.66. The molecule has 0 spiro atoms. The molecule has 7 rings (SSSR count). The molecule has 0 aromatic rings. The van der Waals surface area contributed by atoms with E-state index in [1.165, 1.54) is 57.8 Å². The lowest BCUT2D eigenvalue weighted by atomic mass is 9.48. The van der Waals surface area contributed by atoms with Gasteiger partial charge in [-0.25, -0.2) is 4.79 Å². The normalized spacial score (nSPS) is 34.5. The molecule has 0 N–H and O–H groups in total. The number of hydrogen-bond acceptors (Lipinski definition) is 8. The van der Waals surface area contributed by atoms with Gasteiger partial charge in [-0.05, 0) is 45.4 Å². The molecule has 0 amide bonds. The molecule has 0 aromatic heterocycles. The number of hydrogen-bond donors (Lipinski definition) is 0. The highest BCUT2D eigenvalue weighted by atomic mass is 16.6. The van der Waals surface area contributed by atoms with Crippen LogP contribution in [0.5, 0.6) is 0 Å². The van der Waals surface area contributed by atoms with E-state index in [2.05, 4.69) is 27.4 Å². The molecule has 0 atom stereocenters. The maximum Gasteiger partial charge on any atom is 0.333 e. The van der Waals surface area contributed by atoms with Gasteiger partial charge in [-0.15, -0.1) is 0 Å². The predicted octanol–water partition coefficient (Wildman–Crippen LogP) is 8.28. The molecule has 0 radical (unpaired) electrons. The first-order valence-corrected chi connectivity index (χ1v) is 20.0. The smallest absolute Gasteiger partial charge is 0.333 e. The summed E-state index contributed by atoms with van der Waals surface area (Å²) in [5.41, 5.74) is -1.02. The third-order valence-electron chi connectivity index (χ3n) is 13.3. The minimum atomic E-state index is -0.705. The van der Waals surface area contributed by atoms with E-state index in [0.717, 1.165) is 78.2 Å². The Hall–Kier alpha value is -1.03. The molecule has 7 fully saturated rings. The quantitative estimate of drug-likeness (QED) is 0.0784. The summed E-state index contributed by atoms with van der Waals surface area (Å²) in [6.07, 6.45) is 18.3. The third kappa shape index (κ3) is 8.30. The van der Waals surface area contributed by atoms with Crippen molar-refractivity contribution in [2.45, 2.75) is 166 Å². The number of ether oxygens (including phenoxy) is 7. The molecule has 4 aliphatic carbocycles. The van der Waals surface area contributed by atoms with E-state index < -0.39 is 22.4 Å². The summed E-state index contributed by atoms with van der Waals surface area (Å²) in [5, 5.41) is 0. The third-order valence-corrected chi connectivity index (χ3v) is 13.3. The van der Waals surface area contributed by atoms with Gasteiger partial charge in [0.2, 0.25) is 0 Å². The van der Waals surface area contributed by atoms with Gasteiger partial charge in [0.25, 0.3) is 0 Å². The standard InChI is InChI=1S/C41H68O8/c1-6-9-12-35(27-43-28-35)15-18-46-38-21-39(47-19-16-36(13-10-7-2)29-44-30-36)23-40(22-38,26-41(24-38,25-39)49-34(42)33(4)5)48-20-17-37(14-11-8-3)31-45-32-37/h4,6-32H2,1-3,5H3. The maximum absolute atomic E-state index is 13.3. The summed E-state index contributed by atoms with van der Waals surface area (Å²) in [7, 11) is 0. The van der Waals surface area contributed by atoms with Crippen LogP contribution in [-0.4, -0.2) is 87.8 Å². The lowest BCUT2D eigenvalue weighted by Crippen LogP contribution is -2.74. The molecular weight excluding hydrogens is 620 g/mol. The number of unbranched alkanes of at least 4 members (excludes halogenated alkanes) is 3. The predicted molar refractivity (Wildman–Crippen MR) is 190 cm³/mol. The van der Waals surface area contributed by atoms with Gasteiger partial charge in [-0.2, -0.15) is 0 Å². The van der Waals surface area contributed by atoms with Crippen molar-refractivity contribution in [3.8, 4) is 0 Å². The van der Waals surface area contributed by atoms with Crippen LogP contribution in [0.15, 0.2) is 12.2 Å². The van der Waals surface area contributed by atoms with Crippen LogP contribution in [0.4, 0.5) is 0 Å². The van der Waals surface area contributed by atoms with Crippen molar-refractivity contribution >= 4 is 5.97 Å². The average molecular weight is 689 g/mol. The molecule has 0 unspecified atom stereocenters. The van der Waals surface area contributed by atoms with Gasteiger partial charge < -0.3 is 33.2 Å². The average Bonchev–Trinajstić information content (AvgIpc) is 2.98. The molecule has 3 aliphatic heterocycles. The molecule has 7 aliphatic rings. The van der Waals surface area contributed by atoms with Crippen molar-refractivity contribution in [2.24, 2.45) is 16.2 Å². The van der Waals surface area contributed by atoms with Crippen molar-refractivity contribution in [3.05, 3.63) is 12.2 Å². The summed E-state index contributed by atoms with van der Waals surface area (Å²) in [6, 6.07) is 0. The summed E-state index contributed by atoms with van der Waals surface area (Å²) in [5.74, 6) is -0.317. The van der Waals surface area contributed by atoms with Gasteiger partial charge in [-0.3, -0.25) is 0 Å².